The van der Waals surface area contributed by atoms with E-state index in [0.717, 1.165) is 28.0 Å². The molecule has 0 saturated heterocycles. The van der Waals surface area contributed by atoms with Crippen LogP contribution in [0.1, 0.15) is 26.3 Å². The zero-order valence-electron chi connectivity index (χ0n) is 15.2. The van der Waals surface area contributed by atoms with Crippen LogP contribution in [0.15, 0.2) is 36.5 Å². The molecule has 2 aromatic rings. The largest absolute Gasteiger partial charge is 0.444 e. The van der Waals surface area contributed by atoms with Gasteiger partial charge in [0, 0.05) is 30.2 Å². The Labute approximate surface area is 153 Å². The average Bonchev–Trinajstić information content (AvgIpc) is 2.53. The summed E-state index contributed by atoms with van der Waals surface area (Å²) < 4.78 is 10.5. The fraction of sp³-hybridized carbons (Fsp3) is 0.474. The average molecular weight is 362 g/mol. The molecule has 0 aliphatic rings. The van der Waals surface area contributed by atoms with E-state index in [2.05, 4.69) is 22.4 Å². The van der Waals surface area contributed by atoms with Crippen LogP contribution in [0.4, 0.5) is 4.79 Å². The van der Waals surface area contributed by atoms with Gasteiger partial charge in [-0.2, -0.15) is 11.8 Å². The summed E-state index contributed by atoms with van der Waals surface area (Å²) in [4.78, 5) is 16.4. The maximum Gasteiger partial charge on any atom is 0.407 e. The van der Waals surface area contributed by atoms with Gasteiger partial charge in [-0.25, -0.2) is 4.79 Å². The summed E-state index contributed by atoms with van der Waals surface area (Å²) in [6.07, 6.45) is 1.49. The van der Waals surface area contributed by atoms with E-state index >= 15 is 0 Å². The number of hydrogen-bond acceptors (Lipinski definition) is 5. The second kappa shape index (κ2) is 9.06. The number of nitrogens with zero attached hydrogens (tertiary/aromatic N) is 1. The lowest BCUT2D eigenvalue weighted by Crippen LogP contribution is -2.42. The number of fused-ring (bicyclic) bond motifs is 1. The predicted octanol–water partition coefficient (Wildman–Crippen LogP) is 4.01. The van der Waals surface area contributed by atoms with Crippen molar-refractivity contribution in [2.75, 3.05) is 19.5 Å². The Bertz CT molecular complexity index is 700. The van der Waals surface area contributed by atoms with Crippen molar-refractivity contribution in [3.05, 3.63) is 42.1 Å². The van der Waals surface area contributed by atoms with Crippen LogP contribution in [0.25, 0.3) is 10.9 Å². The molecule has 0 saturated carbocycles. The molecular formula is C19H26N2O3S. The molecular weight excluding hydrogens is 336 g/mol. The molecule has 6 heteroatoms. The van der Waals surface area contributed by atoms with Crippen LogP contribution in [0.5, 0.6) is 0 Å². The number of benzene rings is 1. The number of amides is 1. The van der Waals surface area contributed by atoms with E-state index < -0.39 is 11.7 Å². The lowest BCUT2D eigenvalue weighted by atomic mass is 10.2. The van der Waals surface area contributed by atoms with E-state index in [-0.39, 0.29) is 6.04 Å². The molecule has 0 radical (unpaired) electrons. The Kier molecular flexibility index (Phi) is 7.08. The Morgan fingerprint density at radius 1 is 1.32 bits per heavy atom. The van der Waals surface area contributed by atoms with Crippen LogP contribution in [0.3, 0.4) is 0 Å². The van der Waals surface area contributed by atoms with Crippen molar-refractivity contribution in [2.45, 2.75) is 38.2 Å². The van der Waals surface area contributed by atoms with E-state index in [0.29, 0.717) is 6.61 Å². The molecule has 0 fully saturated rings. The standard InChI is InChI=1S/C19H26N2O3S/c1-19(2,3)24-18(22)21-16(11-23-4)13-25-12-14-9-15-7-5-6-8-17(15)20-10-14/h5-10,16H,11-13H2,1-4H3,(H,21,22)/t16-/m0/s1. The van der Waals surface area contributed by atoms with Gasteiger partial charge in [-0.1, -0.05) is 18.2 Å². The lowest BCUT2D eigenvalue weighted by molar-refractivity contribution is 0.0479. The number of pyridine rings is 1. The third kappa shape index (κ3) is 6.92. The van der Waals surface area contributed by atoms with Crippen LogP contribution >= 0.6 is 11.8 Å². The molecule has 1 atom stereocenters. The zero-order valence-corrected chi connectivity index (χ0v) is 16.1. The first-order chi connectivity index (χ1) is 11.9. The highest BCUT2D eigenvalue weighted by molar-refractivity contribution is 7.98. The van der Waals surface area contributed by atoms with Gasteiger partial charge in [0.25, 0.3) is 0 Å². The summed E-state index contributed by atoms with van der Waals surface area (Å²) in [6.45, 7) is 5.99. The van der Waals surface area contributed by atoms with Crippen molar-refractivity contribution in [2.24, 2.45) is 0 Å². The Balaban J connectivity index is 1.86. The Morgan fingerprint density at radius 2 is 2.08 bits per heavy atom. The molecule has 2 rings (SSSR count). The summed E-state index contributed by atoms with van der Waals surface area (Å²) >= 11 is 1.73. The van der Waals surface area contributed by atoms with Gasteiger partial charge in [0.05, 0.1) is 18.2 Å². The van der Waals surface area contributed by atoms with Gasteiger partial charge in [-0.3, -0.25) is 4.98 Å². The van der Waals surface area contributed by atoms with Gasteiger partial charge in [0.2, 0.25) is 0 Å². The first-order valence-electron chi connectivity index (χ1n) is 8.27. The predicted molar refractivity (Wildman–Crippen MR) is 103 cm³/mol. The maximum atomic E-state index is 11.9. The summed E-state index contributed by atoms with van der Waals surface area (Å²) in [6, 6.07) is 10.1. The van der Waals surface area contributed by atoms with Crippen molar-refractivity contribution in [1.82, 2.24) is 10.3 Å². The topological polar surface area (TPSA) is 60.5 Å². The molecule has 0 unspecified atom stereocenters. The fourth-order valence-electron chi connectivity index (χ4n) is 2.32. The van der Waals surface area contributed by atoms with Gasteiger partial charge in [-0.05, 0) is 38.5 Å². The summed E-state index contributed by atoms with van der Waals surface area (Å²) in [7, 11) is 1.63. The number of methoxy groups -OCH3 is 1. The van der Waals surface area contributed by atoms with E-state index in [4.69, 9.17) is 9.47 Å². The second-order valence-electron chi connectivity index (χ2n) is 6.85. The van der Waals surface area contributed by atoms with Crippen LogP contribution < -0.4 is 5.32 Å². The molecule has 0 aliphatic carbocycles. The molecule has 0 aliphatic heterocycles. The maximum absolute atomic E-state index is 11.9. The molecule has 1 amide bonds. The number of para-hydroxylation sites is 1. The van der Waals surface area contributed by atoms with Crippen molar-refractivity contribution in [3.63, 3.8) is 0 Å². The SMILES string of the molecule is COC[C@@H](CSCc1cnc2ccccc2c1)NC(=O)OC(C)(C)C. The van der Waals surface area contributed by atoms with Crippen molar-refractivity contribution in [3.8, 4) is 0 Å². The number of hydrogen-bond donors (Lipinski definition) is 1. The minimum atomic E-state index is -0.508. The van der Waals surface area contributed by atoms with Gasteiger partial charge in [-0.15, -0.1) is 0 Å². The molecule has 1 aromatic carbocycles. The highest BCUT2D eigenvalue weighted by Gasteiger charge is 2.19. The third-order valence-corrected chi connectivity index (χ3v) is 4.50. The Hall–Kier alpha value is -1.79. The number of carbonyl (C=O) groups excluding carboxylic acids is 1. The summed E-state index contributed by atoms with van der Waals surface area (Å²) in [5, 5.41) is 4.01. The van der Waals surface area contributed by atoms with E-state index in [1.807, 2.05) is 45.2 Å². The number of rotatable bonds is 7. The smallest absolute Gasteiger partial charge is 0.407 e. The molecule has 0 bridgehead atoms. The minimum Gasteiger partial charge on any atom is -0.444 e. The van der Waals surface area contributed by atoms with Crippen LogP contribution in [0, 0.1) is 0 Å². The fourth-order valence-corrected chi connectivity index (χ4v) is 3.30. The number of aromatic nitrogens is 1. The number of nitrogens with one attached hydrogen (secondary N) is 1. The van der Waals surface area contributed by atoms with E-state index in [9.17, 15) is 4.79 Å². The van der Waals surface area contributed by atoms with E-state index in [1.54, 1.807) is 18.9 Å². The molecule has 5 nitrogen and oxygen atoms in total. The molecule has 136 valence electrons. The highest BCUT2D eigenvalue weighted by Crippen LogP contribution is 2.18. The van der Waals surface area contributed by atoms with Gasteiger partial charge < -0.3 is 14.8 Å². The summed E-state index contributed by atoms with van der Waals surface area (Å²) in [5.74, 6) is 1.56. The van der Waals surface area contributed by atoms with Crippen LogP contribution in [0.2, 0.25) is 0 Å². The van der Waals surface area contributed by atoms with Gasteiger partial charge in [0.1, 0.15) is 5.60 Å². The molecule has 0 spiro atoms. The second-order valence-corrected chi connectivity index (χ2v) is 7.88. The van der Waals surface area contributed by atoms with Crippen molar-refractivity contribution >= 4 is 28.8 Å². The van der Waals surface area contributed by atoms with E-state index in [1.165, 1.54) is 0 Å². The number of ether oxygens (including phenoxy) is 2. The normalized spacial score (nSPS) is 12.8. The molecule has 1 N–H and O–H groups in total. The zero-order chi connectivity index (χ0) is 18.3. The van der Waals surface area contributed by atoms with Gasteiger partial charge >= 0.3 is 6.09 Å². The van der Waals surface area contributed by atoms with Crippen LogP contribution in [-0.2, 0) is 15.2 Å². The Morgan fingerprint density at radius 3 is 2.80 bits per heavy atom. The molecule has 1 heterocycles. The first kappa shape index (κ1) is 19.5. The minimum absolute atomic E-state index is 0.0988. The quantitative estimate of drug-likeness (QED) is 0.806. The molecule has 1 aromatic heterocycles. The lowest BCUT2D eigenvalue weighted by Gasteiger charge is -2.23. The van der Waals surface area contributed by atoms with Gasteiger partial charge in [0.15, 0.2) is 0 Å². The summed E-state index contributed by atoms with van der Waals surface area (Å²) in [5.41, 5.74) is 1.66. The number of alkyl carbamates (subject to hydrolysis) is 1. The third-order valence-electron chi connectivity index (χ3n) is 3.32. The highest BCUT2D eigenvalue weighted by atomic mass is 32.2. The van der Waals surface area contributed by atoms with Crippen molar-refractivity contribution in [1.29, 1.82) is 0 Å². The molecule has 25 heavy (non-hydrogen) atoms. The number of thioether (sulfide) groups is 1. The van der Waals surface area contributed by atoms with Crippen molar-refractivity contribution < 1.29 is 14.3 Å². The monoisotopic (exact) mass is 362 g/mol. The number of carbonyl (C=O) groups is 1. The van der Waals surface area contributed by atoms with Crippen LogP contribution in [-0.4, -0.2) is 42.2 Å². The first-order valence-corrected chi connectivity index (χ1v) is 9.43.